The SMILES string of the molecule is O=C(O)N1CCC(COCCC(F)(F)F)CC1. The maximum atomic E-state index is 11.8. The van der Waals surface area contributed by atoms with Crippen LogP contribution in [0.2, 0.25) is 0 Å². The average molecular weight is 255 g/mol. The minimum Gasteiger partial charge on any atom is -0.465 e. The molecule has 0 bridgehead atoms. The molecule has 1 aliphatic heterocycles. The van der Waals surface area contributed by atoms with Gasteiger partial charge in [0.25, 0.3) is 0 Å². The van der Waals surface area contributed by atoms with Crippen molar-refractivity contribution in [2.45, 2.75) is 25.4 Å². The molecule has 4 nitrogen and oxygen atoms in total. The highest BCUT2D eigenvalue weighted by Crippen LogP contribution is 2.21. The first-order valence-corrected chi connectivity index (χ1v) is 5.51. The zero-order valence-electron chi connectivity index (χ0n) is 9.37. The predicted octanol–water partition coefficient (Wildman–Crippen LogP) is 2.35. The van der Waals surface area contributed by atoms with E-state index in [0.717, 1.165) is 0 Å². The van der Waals surface area contributed by atoms with Gasteiger partial charge in [-0.3, -0.25) is 0 Å². The lowest BCUT2D eigenvalue weighted by atomic mass is 9.98. The van der Waals surface area contributed by atoms with Gasteiger partial charge in [0, 0.05) is 19.7 Å². The Morgan fingerprint density at radius 2 is 1.94 bits per heavy atom. The van der Waals surface area contributed by atoms with E-state index in [4.69, 9.17) is 9.84 Å². The van der Waals surface area contributed by atoms with E-state index in [1.54, 1.807) is 0 Å². The number of nitrogens with zero attached hydrogens (tertiary/aromatic N) is 1. The highest BCUT2D eigenvalue weighted by atomic mass is 19.4. The Morgan fingerprint density at radius 1 is 1.35 bits per heavy atom. The minimum atomic E-state index is -4.17. The van der Waals surface area contributed by atoms with Crippen molar-refractivity contribution in [2.75, 3.05) is 26.3 Å². The summed E-state index contributed by atoms with van der Waals surface area (Å²) in [6.07, 6.45) is -4.74. The summed E-state index contributed by atoms with van der Waals surface area (Å²) in [5.74, 6) is 0.166. The van der Waals surface area contributed by atoms with Crippen molar-refractivity contribution in [1.29, 1.82) is 0 Å². The number of alkyl halides is 3. The smallest absolute Gasteiger partial charge is 0.407 e. The quantitative estimate of drug-likeness (QED) is 0.784. The number of hydrogen-bond donors (Lipinski definition) is 1. The molecule has 1 saturated heterocycles. The zero-order valence-corrected chi connectivity index (χ0v) is 9.37. The number of hydrogen-bond acceptors (Lipinski definition) is 2. The van der Waals surface area contributed by atoms with Crippen LogP contribution in [-0.2, 0) is 4.74 Å². The third-order valence-corrected chi connectivity index (χ3v) is 2.77. The summed E-state index contributed by atoms with van der Waals surface area (Å²) in [4.78, 5) is 11.9. The van der Waals surface area contributed by atoms with Gasteiger partial charge >= 0.3 is 12.3 Å². The van der Waals surface area contributed by atoms with Gasteiger partial charge in [0.05, 0.1) is 13.0 Å². The molecule has 100 valence electrons. The van der Waals surface area contributed by atoms with Crippen LogP contribution in [-0.4, -0.2) is 48.6 Å². The molecule has 0 radical (unpaired) electrons. The summed E-state index contributed by atoms with van der Waals surface area (Å²) in [6.45, 7) is 0.831. The number of piperidine rings is 1. The third-order valence-electron chi connectivity index (χ3n) is 2.77. The molecule has 1 amide bonds. The number of halogens is 3. The lowest BCUT2D eigenvalue weighted by molar-refractivity contribution is -0.146. The van der Waals surface area contributed by atoms with Gasteiger partial charge in [0.2, 0.25) is 0 Å². The number of carboxylic acid groups (broad SMARTS) is 1. The second-order valence-corrected chi connectivity index (χ2v) is 4.15. The van der Waals surface area contributed by atoms with Crippen LogP contribution in [0.5, 0.6) is 0 Å². The van der Waals surface area contributed by atoms with Crippen LogP contribution < -0.4 is 0 Å². The summed E-state index contributed by atoms with van der Waals surface area (Å²) in [7, 11) is 0. The summed E-state index contributed by atoms with van der Waals surface area (Å²) < 4.78 is 40.4. The maximum absolute atomic E-state index is 11.8. The highest BCUT2D eigenvalue weighted by molar-refractivity contribution is 5.64. The first-order valence-electron chi connectivity index (χ1n) is 5.51. The summed E-state index contributed by atoms with van der Waals surface area (Å²) in [5.41, 5.74) is 0. The van der Waals surface area contributed by atoms with Crippen molar-refractivity contribution in [2.24, 2.45) is 5.92 Å². The van der Waals surface area contributed by atoms with Crippen molar-refractivity contribution in [1.82, 2.24) is 4.90 Å². The van der Waals surface area contributed by atoms with E-state index in [-0.39, 0.29) is 19.1 Å². The maximum Gasteiger partial charge on any atom is 0.407 e. The van der Waals surface area contributed by atoms with Crippen molar-refractivity contribution in [3.8, 4) is 0 Å². The van der Waals surface area contributed by atoms with Crippen molar-refractivity contribution < 1.29 is 27.8 Å². The third kappa shape index (κ3) is 5.76. The molecule has 0 atom stereocenters. The molecule has 1 N–H and O–H groups in total. The van der Waals surface area contributed by atoms with Crippen molar-refractivity contribution >= 4 is 6.09 Å². The standard InChI is InChI=1S/C10H16F3NO3/c11-10(12,13)3-6-17-7-8-1-4-14(5-2-8)9(15)16/h8H,1-7H2,(H,15,16). The summed E-state index contributed by atoms with van der Waals surface area (Å²) >= 11 is 0. The van der Waals surface area contributed by atoms with Crippen molar-refractivity contribution in [3.05, 3.63) is 0 Å². The molecule has 0 saturated carbocycles. The highest BCUT2D eigenvalue weighted by Gasteiger charge is 2.27. The van der Waals surface area contributed by atoms with Gasteiger partial charge < -0.3 is 14.7 Å². The van der Waals surface area contributed by atoms with Crippen LogP contribution in [0.4, 0.5) is 18.0 Å². The molecule has 17 heavy (non-hydrogen) atoms. The lowest BCUT2D eigenvalue weighted by Crippen LogP contribution is -2.38. The van der Waals surface area contributed by atoms with E-state index in [1.807, 2.05) is 0 Å². The van der Waals surface area contributed by atoms with Gasteiger partial charge in [-0.15, -0.1) is 0 Å². The van der Waals surface area contributed by atoms with Crippen LogP contribution >= 0.6 is 0 Å². The predicted molar refractivity (Wildman–Crippen MR) is 53.8 cm³/mol. The van der Waals surface area contributed by atoms with E-state index in [9.17, 15) is 18.0 Å². The molecule has 1 aliphatic rings. The molecule has 0 aromatic rings. The van der Waals surface area contributed by atoms with E-state index in [2.05, 4.69) is 0 Å². The number of likely N-dealkylation sites (tertiary alicyclic amines) is 1. The zero-order chi connectivity index (χ0) is 12.9. The molecule has 0 spiro atoms. The average Bonchev–Trinajstić information content (AvgIpc) is 2.24. The Balaban J connectivity index is 2.09. The van der Waals surface area contributed by atoms with Crippen LogP contribution in [0.25, 0.3) is 0 Å². The largest absolute Gasteiger partial charge is 0.465 e. The van der Waals surface area contributed by atoms with Crippen LogP contribution in [0, 0.1) is 5.92 Å². The van der Waals surface area contributed by atoms with Gasteiger partial charge in [-0.05, 0) is 18.8 Å². The fourth-order valence-electron chi connectivity index (χ4n) is 1.73. The van der Waals surface area contributed by atoms with Crippen LogP contribution in [0.15, 0.2) is 0 Å². The lowest BCUT2D eigenvalue weighted by Gasteiger charge is -2.29. The number of rotatable bonds is 4. The van der Waals surface area contributed by atoms with Gasteiger partial charge in [0.1, 0.15) is 0 Å². The molecule has 0 aromatic heterocycles. The molecule has 7 heteroatoms. The Kier molecular flexibility index (Phi) is 5.04. The van der Waals surface area contributed by atoms with E-state index in [0.29, 0.717) is 25.9 Å². The normalized spacial score (nSPS) is 18.4. The molecular formula is C10H16F3NO3. The van der Waals surface area contributed by atoms with E-state index in [1.165, 1.54) is 4.90 Å². The number of amides is 1. The van der Waals surface area contributed by atoms with Gasteiger partial charge in [0.15, 0.2) is 0 Å². The van der Waals surface area contributed by atoms with Gasteiger partial charge in [-0.2, -0.15) is 13.2 Å². The van der Waals surface area contributed by atoms with Crippen LogP contribution in [0.3, 0.4) is 0 Å². The Labute approximate surface area is 97.3 Å². The molecule has 0 unspecified atom stereocenters. The minimum absolute atomic E-state index is 0.166. The van der Waals surface area contributed by atoms with Gasteiger partial charge in [-0.25, -0.2) is 4.79 Å². The van der Waals surface area contributed by atoms with E-state index < -0.39 is 18.7 Å². The van der Waals surface area contributed by atoms with Crippen LogP contribution in [0.1, 0.15) is 19.3 Å². The number of ether oxygens (including phenoxy) is 1. The first kappa shape index (κ1) is 14.1. The summed E-state index contributed by atoms with van der Waals surface area (Å²) in [6, 6.07) is 0. The molecule has 0 aliphatic carbocycles. The first-order chi connectivity index (χ1) is 7.88. The second-order valence-electron chi connectivity index (χ2n) is 4.15. The molecule has 1 heterocycles. The Morgan fingerprint density at radius 3 is 2.41 bits per heavy atom. The second kappa shape index (κ2) is 6.09. The summed E-state index contributed by atoms with van der Waals surface area (Å²) in [5, 5.41) is 8.70. The van der Waals surface area contributed by atoms with E-state index >= 15 is 0 Å². The Hall–Kier alpha value is -0.980. The topological polar surface area (TPSA) is 49.8 Å². The number of carbonyl (C=O) groups is 1. The monoisotopic (exact) mass is 255 g/mol. The molecule has 0 aromatic carbocycles. The molecular weight excluding hydrogens is 239 g/mol. The fourth-order valence-corrected chi connectivity index (χ4v) is 1.73. The van der Waals surface area contributed by atoms with Gasteiger partial charge in [-0.1, -0.05) is 0 Å². The molecule has 1 rings (SSSR count). The Bertz CT molecular complexity index is 250. The van der Waals surface area contributed by atoms with Crippen molar-refractivity contribution in [3.63, 3.8) is 0 Å². The molecule has 1 fully saturated rings. The fraction of sp³-hybridized carbons (Fsp3) is 0.900.